The molecule has 0 fully saturated rings. The second-order valence-corrected chi connectivity index (χ2v) is 8.70. The number of halogens is 4. The fraction of sp³-hybridized carbons (Fsp3) is 0. The number of hydrogen-bond acceptors (Lipinski definition) is 3. The Morgan fingerprint density at radius 1 is 1.00 bits per heavy atom. The van der Waals surface area contributed by atoms with Gasteiger partial charge in [-0.15, -0.1) is 4.68 Å². The van der Waals surface area contributed by atoms with Gasteiger partial charge in [0, 0.05) is 34.9 Å². The van der Waals surface area contributed by atoms with E-state index < -0.39 is 11.2 Å². The van der Waals surface area contributed by atoms with E-state index in [0.717, 1.165) is 18.1 Å². The Kier molecular flexibility index (Phi) is 4.87. The third-order valence-corrected chi connectivity index (χ3v) is 5.94. The van der Waals surface area contributed by atoms with Crippen LogP contribution in [-0.2, 0) is 0 Å². The molecule has 0 atom stereocenters. The third-order valence-electron chi connectivity index (χ3n) is 3.94. The molecular weight excluding hydrogens is 567 g/mol. The van der Waals surface area contributed by atoms with Crippen LogP contribution in [0.4, 0.5) is 0 Å². The number of benzene rings is 2. The number of H-pyrrole nitrogens is 2. The molecular formula is C17H8Br3ClN4O2. The van der Waals surface area contributed by atoms with Gasteiger partial charge >= 0.3 is 11.2 Å². The van der Waals surface area contributed by atoms with Crippen molar-refractivity contribution in [2.45, 2.75) is 0 Å². The molecule has 2 heterocycles. The second-order valence-electron chi connectivity index (χ2n) is 5.64. The molecule has 0 bridgehead atoms. The molecule has 136 valence electrons. The minimum atomic E-state index is -0.644. The normalized spacial score (nSPS) is 11.9. The van der Waals surface area contributed by atoms with Gasteiger partial charge < -0.3 is 9.97 Å². The van der Waals surface area contributed by atoms with Crippen LogP contribution in [0.25, 0.3) is 21.9 Å². The Balaban J connectivity index is 1.92. The number of nitrogens with one attached hydrogen (secondary N) is 2. The molecule has 4 aromatic rings. The maximum absolute atomic E-state index is 12.8. The van der Waals surface area contributed by atoms with Crippen molar-refractivity contribution in [3.8, 4) is 0 Å². The molecule has 0 amide bonds. The van der Waals surface area contributed by atoms with Crippen LogP contribution < -0.4 is 11.2 Å². The minimum absolute atomic E-state index is 0.248. The lowest BCUT2D eigenvalue weighted by Crippen LogP contribution is -2.32. The zero-order chi connectivity index (χ0) is 19.3. The van der Waals surface area contributed by atoms with Gasteiger partial charge in [0.05, 0.1) is 11.7 Å². The van der Waals surface area contributed by atoms with Crippen molar-refractivity contribution in [2.75, 3.05) is 0 Å². The minimum Gasteiger partial charge on any atom is -0.349 e. The van der Waals surface area contributed by atoms with Gasteiger partial charge in [-0.25, -0.2) is 4.79 Å². The third kappa shape index (κ3) is 3.33. The van der Waals surface area contributed by atoms with E-state index in [1.54, 1.807) is 18.2 Å². The van der Waals surface area contributed by atoms with Gasteiger partial charge in [-0.1, -0.05) is 59.4 Å². The lowest BCUT2D eigenvalue weighted by Gasteiger charge is -2.03. The maximum atomic E-state index is 12.8. The number of nitrogens with zero attached hydrogens (tertiary/aromatic N) is 2. The molecule has 10 heteroatoms. The Labute approximate surface area is 181 Å². The number of fused-ring (bicyclic) bond motifs is 3. The number of aromatic amines is 2. The SMILES string of the molecule is O=c1[nH]c2c([nH]c3ccc(Cl)cc32)c(=O)n1/N=C\c1c(Br)cc(Br)cc1Br. The Hall–Kier alpha value is -1.68. The van der Waals surface area contributed by atoms with Crippen LogP contribution in [-0.4, -0.2) is 20.9 Å². The second kappa shape index (κ2) is 7.05. The Bertz CT molecular complexity index is 1350. The number of aromatic nitrogens is 3. The van der Waals surface area contributed by atoms with Crippen LogP contribution in [0.3, 0.4) is 0 Å². The zero-order valence-electron chi connectivity index (χ0n) is 13.2. The monoisotopic (exact) mass is 572 g/mol. The molecule has 2 aromatic heterocycles. The van der Waals surface area contributed by atoms with E-state index in [-0.39, 0.29) is 5.52 Å². The molecule has 0 spiro atoms. The van der Waals surface area contributed by atoms with Gasteiger partial charge in [0.1, 0.15) is 5.52 Å². The molecule has 0 aliphatic rings. The van der Waals surface area contributed by atoms with Crippen molar-refractivity contribution < 1.29 is 0 Å². The molecule has 0 aliphatic heterocycles. The number of rotatable bonds is 2. The van der Waals surface area contributed by atoms with E-state index in [1.807, 2.05) is 12.1 Å². The fourth-order valence-corrected chi connectivity index (χ4v) is 5.34. The first kappa shape index (κ1) is 18.7. The average Bonchev–Trinajstić information content (AvgIpc) is 2.94. The summed E-state index contributed by atoms with van der Waals surface area (Å²) in [6.07, 6.45) is 1.43. The van der Waals surface area contributed by atoms with E-state index in [2.05, 4.69) is 62.9 Å². The summed E-state index contributed by atoms with van der Waals surface area (Å²) >= 11 is 16.3. The molecule has 0 saturated carbocycles. The van der Waals surface area contributed by atoms with Crippen LogP contribution in [0.2, 0.25) is 5.02 Å². The van der Waals surface area contributed by atoms with E-state index >= 15 is 0 Å². The molecule has 0 aliphatic carbocycles. The topological polar surface area (TPSA) is 83.0 Å². The predicted octanol–water partition coefficient (Wildman–Crippen LogP) is 4.99. The van der Waals surface area contributed by atoms with E-state index in [1.165, 1.54) is 6.21 Å². The van der Waals surface area contributed by atoms with Gasteiger partial charge in [0.2, 0.25) is 0 Å². The lowest BCUT2D eigenvalue weighted by atomic mass is 10.2. The van der Waals surface area contributed by atoms with Crippen molar-refractivity contribution in [2.24, 2.45) is 5.10 Å². The molecule has 2 aromatic carbocycles. The van der Waals surface area contributed by atoms with Crippen molar-refractivity contribution in [3.05, 3.63) is 75.2 Å². The quantitative estimate of drug-likeness (QED) is 0.330. The van der Waals surface area contributed by atoms with E-state index in [0.29, 0.717) is 27.0 Å². The highest BCUT2D eigenvalue weighted by Gasteiger charge is 2.13. The standard InChI is InChI=1S/C17H8Br3ClN4O2/c18-7-3-11(19)10(12(20)4-7)6-22-25-16(26)15-14(24-17(25)27)9-5-8(21)1-2-13(9)23-15/h1-6,23H,(H,24,27)/b22-6-. The first-order valence-corrected chi connectivity index (χ1v) is 10.3. The largest absolute Gasteiger partial charge is 0.350 e. The molecule has 0 unspecified atom stereocenters. The highest BCUT2D eigenvalue weighted by atomic mass is 79.9. The highest BCUT2D eigenvalue weighted by Crippen LogP contribution is 2.28. The summed E-state index contributed by atoms with van der Waals surface area (Å²) in [5.41, 5.74) is 0.837. The maximum Gasteiger partial charge on any atom is 0.350 e. The summed E-state index contributed by atoms with van der Waals surface area (Å²) < 4.78 is 3.14. The van der Waals surface area contributed by atoms with Crippen molar-refractivity contribution in [1.29, 1.82) is 0 Å². The van der Waals surface area contributed by atoms with E-state index in [9.17, 15) is 9.59 Å². The van der Waals surface area contributed by atoms with Crippen LogP contribution >= 0.6 is 59.4 Å². The summed E-state index contributed by atoms with van der Waals surface area (Å²) in [6.45, 7) is 0. The zero-order valence-corrected chi connectivity index (χ0v) is 18.7. The summed E-state index contributed by atoms with van der Waals surface area (Å²) in [5, 5.41) is 5.26. The lowest BCUT2D eigenvalue weighted by molar-refractivity contribution is 0.770. The van der Waals surface area contributed by atoms with Gasteiger partial charge in [0.25, 0.3) is 0 Å². The van der Waals surface area contributed by atoms with Gasteiger partial charge in [-0.05, 0) is 30.3 Å². The Morgan fingerprint density at radius 2 is 1.70 bits per heavy atom. The molecule has 27 heavy (non-hydrogen) atoms. The fourth-order valence-electron chi connectivity index (χ4n) is 2.71. The molecule has 6 nitrogen and oxygen atoms in total. The first-order chi connectivity index (χ1) is 12.8. The van der Waals surface area contributed by atoms with Gasteiger partial charge in [-0.2, -0.15) is 5.10 Å². The van der Waals surface area contributed by atoms with Crippen LogP contribution in [0.1, 0.15) is 5.56 Å². The number of hydrogen-bond donors (Lipinski definition) is 2. The molecule has 4 rings (SSSR count). The first-order valence-electron chi connectivity index (χ1n) is 7.50. The van der Waals surface area contributed by atoms with Gasteiger partial charge in [-0.3, -0.25) is 4.79 Å². The summed E-state index contributed by atoms with van der Waals surface area (Å²) in [6, 6.07) is 8.82. The van der Waals surface area contributed by atoms with Crippen LogP contribution in [0, 0.1) is 0 Å². The Morgan fingerprint density at radius 3 is 2.41 bits per heavy atom. The van der Waals surface area contributed by atoms with Crippen molar-refractivity contribution in [1.82, 2.24) is 14.6 Å². The summed E-state index contributed by atoms with van der Waals surface area (Å²) in [7, 11) is 0. The van der Waals surface area contributed by atoms with Crippen LogP contribution in [0.5, 0.6) is 0 Å². The molecule has 0 saturated heterocycles. The highest BCUT2D eigenvalue weighted by molar-refractivity contribution is 9.11. The summed E-state index contributed by atoms with van der Waals surface area (Å²) in [5.74, 6) is 0. The van der Waals surface area contributed by atoms with Crippen LogP contribution in [0.15, 0.2) is 58.4 Å². The van der Waals surface area contributed by atoms with E-state index in [4.69, 9.17) is 11.6 Å². The smallest absolute Gasteiger partial charge is 0.349 e. The van der Waals surface area contributed by atoms with Gasteiger partial charge in [0.15, 0.2) is 0 Å². The average molecular weight is 575 g/mol. The molecule has 2 N–H and O–H groups in total. The van der Waals surface area contributed by atoms with Crippen molar-refractivity contribution >= 4 is 87.5 Å². The van der Waals surface area contributed by atoms with Crippen molar-refractivity contribution in [3.63, 3.8) is 0 Å². The predicted molar refractivity (Wildman–Crippen MR) is 118 cm³/mol. The molecule has 0 radical (unpaired) electrons. The summed E-state index contributed by atoms with van der Waals surface area (Å²) in [4.78, 5) is 30.9.